The molecule has 2 rings (SSSR count). The Morgan fingerprint density at radius 2 is 2.24 bits per heavy atom. The second kappa shape index (κ2) is 6.36. The summed E-state index contributed by atoms with van der Waals surface area (Å²) in [4.78, 5) is 8.18. The molecule has 0 amide bonds. The van der Waals surface area contributed by atoms with Crippen molar-refractivity contribution in [3.05, 3.63) is 11.1 Å². The summed E-state index contributed by atoms with van der Waals surface area (Å²) in [6.07, 6.45) is 7.73. The molecule has 1 aromatic rings. The zero-order valence-electron chi connectivity index (χ0n) is 10.9. The SMILES string of the molecule is CCNc1ncc(CN(C)CC2CCCC2)s1. The minimum absolute atomic E-state index is 0.932. The first-order valence-corrected chi connectivity index (χ1v) is 7.46. The van der Waals surface area contributed by atoms with E-state index in [0.717, 1.165) is 24.1 Å². The van der Waals surface area contributed by atoms with E-state index in [9.17, 15) is 0 Å². The van der Waals surface area contributed by atoms with Crippen LogP contribution in [0.1, 0.15) is 37.5 Å². The minimum Gasteiger partial charge on any atom is -0.362 e. The van der Waals surface area contributed by atoms with Gasteiger partial charge in [-0.3, -0.25) is 0 Å². The van der Waals surface area contributed by atoms with Gasteiger partial charge in [0.15, 0.2) is 5.13 Å². The molecule has 0 saturated heterocycles. The molecular formula is C13H23N3S. The third-order valence-corrected chi connectivity index (χ3v) is 4.29. The van der Waals surface area contributed by atoms with Gasteiger partial charge in [-0.2, -0.15) is 0 Å². The lowest BCUT2D eigenvalue weighted by atomic mass is 10.1. The number of nitrogens with one attached hydrogen (secondary N) is 1. The highest BCUT2D eigenvalue weighted by molar-refractivity contribution is 7.15. The summed E-state index contributed by atoms with van der Waals surface area (Å²) < 4.78 is 0. The van der Waals surface area contributed by atoms with Crippen molar-refractivity contribution in [1.82, 2.24) is 9.88 Å². The van der Waals surface area contributed by atoms with Gasteiger partial charge in [0.05, 0.1) is 0 Å². The summed E-state index contributed by atoms with van der Waals surface area (Å²) in [7, 11) is 2.23. The van der Waals surface area contributed by atoms with Gasteiger partial charge in [0.25, 0.3) is 0 Å². The van der Waals surface area contributed by atoms with E-state index in [-0.39, 0.29) is 0 Å². The van der Waals surface area contributed by atoms with E-state index in [2.05, 4.69) is 29.2 Å². The van der Waals surface area contributed by atoms with Gasteiger partial charge in [0.2, 0.25) is 0 Å². The highest BCUT2D eigenvalue weighted by Crippen LogP contribution is 2.26. The third-order valence-electron chi connectivity index (χ3n) is 3.35. The van der Waals surface area contributed by atoms with Crippen LogP contribution in [0.3, 0.4) is 0 Å². The number of rotatable bonds is 6. The van der Waals surface area contributed by atoms with Crippen LogP contribution in [0.25, 0.3) is 0 Å². The maximum absolute atomic E-state index is 4.37. The summed E-state index contributed by atoms with van der Waals surface area (Å²) in [6, 6.07) is 0. The van der Waals surface area contributed by atoms with Gasteiger partial charge in [-0.15, -0.1) is 11.3 Å². The fourth-order valence-electron chi connectivity index (χ4n) is 2.58. The van der Waals surface area contributed by atoms with Gasteiger partial charge in [0.1, 0.15) is 0 Å². The number of hydrogen-bond donors (Lipinski definition) is 1. The first-order chi connectivity index (χ1) is 8.28. The minimum atomic E-state index is 0.932. The quantitative estimate of drug-likeness (QED) is 0.844. The normalized spacial score (nSPS) is 16.9. The Bertz CT molecular complexity index is 331. The Kier molecular flexibility index (Phi) is 4.80. The van der Waals surface area contributed by atoms with Crippen LogP contribution < -0.4 is 5.32 Å². The molecule has 1 aliphatic rings. The van der Waals surface area contributed by atoms with Gasteiger partial charge < -0.3 is 10.2 Å². The fourth-order valence-corrected chi connectivity index (χ4v) is 3.54. The van der Waals surface area contributed by atoms with E-state index in [0.29, 0.717) is 0 Å². The summed E-state index contributed by atoms with van der Waals surface area (Å²) in [5.74, 6) is 0.932. The Labute approximate surface area is 108 Å². The summed E-state index contributed by atoms with van der Waals surface area (Å²) >= 11 is 1.78. The molecule has 4 heteroatoms. The molecule has 0 radical (unpaired) electrons. The van der Waals surface area contributed by atoms with Crippen LogP contribution in [0.2, 0.25) is 0 Å². The van der Waals surface area contributed by atoms with Crippen molar-refractivity contribution >= 4 is 16.5 Å². The summed E-state index contributed by atoms with van der Waals surface area (Å²) in [5, 5.41) is 4.32. The molecule has 96 valence electrons. The van der Waals surface area contributed by atoms with Crippen molar-refractivity contribution in [2.45, 2.75) is 39.2 Å². The zero-order valence-corrected chi connectivity index (χ0v) is 11.7. The Morgan fingerprint density at radius 1 is 1.47 bits per heavy atom. The van der Waals surface area contributed by atoms with Crippen molar-refractivity contribution in [3.63, 3.8) is 0 Å². The third kappa shape index (κ3) is 3.96. The first kappa shape index (κ1) is 12.8. The molecule has 0 aliphatic heterocycles. The van der Waals surface area contributed by atoms with Crippen LogP contribution in [-0.4, -0.2) is 30.0 Å². The number of nitrogens with zero attached hydrogens (tertiary/aromatic N) is 2. The van der Waals surface area contributed by atoms with E-state index in [1.807, 2.05) is 6.20 Å². The zero-order chi connectivity index (χ0) is 12.1. The van der Waals surface area contributed by atoms with Crippen molar-refractivity contribution < 1.29 is 0 Å². The smallest absolute Gasteiger partial charge is 0.182 e. The van der Waals surface area contributed by atoms with Gasteiger partial charge in [-0.25, -0.2) is 4.98 Å². The van der Waals surface area contributed by atoms with E-state index in [4.69, 9.17) is 0 Å². The molecule has 1 aromatic heterocycles. The van der Waals surface area contributed by atoms with Gasteiger partial charge in [0, 0.05) is 30.7 Å². The average Bonchev–Trinajstić information content (AvgIpc) is 2.91. The molecular weight excluding hydrogens is 230 g/mol. The Hall–Kier alpha value is -0.610. The van der Waals surface area contributed by atoms with Crippen LogP contribution >= 0.6 is 11.3 Å². The van der Waals surface area contributed by atoms with Gasteiger partial charge in [-0.1, -0.05) is 12.8 Å². The molecule has 0 aromatic carbocycles. The number of hydrogen-bond acceptors (Lipinski definition) is 4. The average molecular weight is 253 g/mol. The topological polar surface area (TPSA) is 28.2 Å². The lowest BCUT2D eigenvalue weighted by molar-refractivity contribution is 0.273. The van der Waals surface area contributed by atoms with Crippen LogP contribution in [-0.2, 0) is 6.54 Å². The predicted octanol–water partition coefficient (Wildman–Crippen LogP) is 3.20. The molecule has 1 fully saturated rings. The Balaban J connectivity index is 1.78. The van der Waals surface area contributed by atoms with Gasteiger partial charge in [-0.05, 0) is 32.7 Å². The second-order valence-electron chi connectivity index (χ2n) is 5.01. The molecule has 1 aliphatic carbocycles. The molecule has 1 N–H and O–H groups in total. The van der Waals surface area contributed by atoms with Crippen molar-refractivity contribution in [2.75, 3.05) is 25.5 Å². The van der Waals surface area contributed by atoms with E-state index in [1.165, 1.54) is 37.1 Å². The molecule has 0 atom stereocenters. The number of anilines is 1. The molecule has 0 unspecified atom stereocenters. The van der Waals surface area contributed by atoms with E-state index < -0.39 is 0 Å². The van der Waals surface area contributed by atoms with Crippen molar-refractivity contribution in [2.24, 2.45) is 5.92 Å². The predicted molar refractivity (Wildman–Crippen MR) is 74.6 cm³/mol. The molecule has 3 nitrogen and oxygen atoms in total. The van der Waals surface area contributed by atoms with Gasteiger partial charge >= 0.3 is 0 Å². The van der Waals surface area contributed by atoms with E-state index in [1.54, 1.807) is 11.3 Å². The van der Waals surface area contributed by atoms with Crippen LogP contribution in [0, 0.1) is 5.92 Å². The number of aromatic nitrogens is 1. The van der Waals surface area contributed by atoms with Crippen LogP contribution in [0.15, 0.2) is 6.20 Å². The van der Waals surface area contributed by atoms with E-state index >= 15 is 0 Å². The van der Waals surface area contributed by atoms with Crippen molar-refractivity contribution in [1.29, 1.82) is 0 Å². The molecule has 0 bridgehead atoms. The van der Waals surface area contributed by atoms with Crippen molar-refractivity contribution in [3.8, 4) is 0 Å². The Morgan fingerprint density at radius 3 is 2.94 bits per heavy atom. The van der Waals surface area contributed by atoms with Crippen LogP contribution in [0.5, 0.6) is 0 Å². The monoisotopic (exact) mass is 253 g/mol. The molecule has 17 heavy (non-hydrogen) atoms. The lowest BCUT2D eigenvalue weighted by Gasteiger charge is -2.19. The maximum Gasteiger partial charge on any atom is 0.182 e. The highest BCUT2D eigenvalue weighted by atomic mass is 32.1. The molecule has 1 heterocycles. The molecule has 1 saturated carbocycles. The molecule has 0 spiro atoms. The number of thiazole rings is 1. The lowest BCUT2D eigenvalue weighted by Crippen LogP contribution is -2.23. The van der Waals surface area contributed by atoms with Crippen LogP contribution in [0.4, 0.5) is 5.13 Å². The summed E-state index contributed by atoms with van der Waals surface area (Å²) in [6.45, 7) is 5.34. The fraction of sp³-hybridized carbons (Fsp3) is 0.769. The maximum atomic E-state index is 4.37. The standard InChI is InChI=1S/C13H23N3S/c1-3-14-13-15-8-12(17-13)10-16(2)9-11-6-4-5-7-11/h8,11H,3-7,9-10H2,1-2H3,(H,14,15). The highest BCUT2D eigenvalue weighted by Gasteiger charge is 2.17. The largest absolute Gasteiger partial charge is 0.362 e. The first-order valence-electron chi connectivity index (χ1n) is 6.65. The summed E-state index contributed by atoms with van der Waals surface area (Å²) in [5.41, 5.74) is 0. The second-order valence-corrected chi connectivity index (χ2v) is 6.12.